The highest BCUT2D eigenvalue weighted by Gasteiger charge is 2.42. The van der Waals surface area contributed by atoms with Gasteiger partial charge < -0.3 is 15.4 Å². The quantitative estimate of drug-likeness (QED) is 0.901. The van der Waals surface area contributed by atoms with Crippen molar-refractivity contribution in [3.05, 3.63) is 29.3 Å². The molecule has 20 heavy (non-hydrogen) atoms. The predicted molar refractivity (Wildman–Crippen MR) is 82.0 cm³/mol. The van der Waals surface area contributed by atoms with E-state index in [1.165, 1.54) is 24.1 Å². The lowest BCUT2D eigenvalue weighted by Gasteiger charge is -2.46. The minimum Gasteiger partial charge on any atom is -0.487 e. The first-order chi connectivity index (χ1) is 9.62. The highest BCUT2D eigenvalue weighted by Crippen LogP contribution is 2.43. The number of ether oxygens (including phenoxy) is 1. The van der Waals surface area contributed by atoms with E-state index >= 15 is 0 Å². The van der Waals surface area contributed by atoms with Gasteiger partial charge in [-0.25, -0.2) is 0 Å². The van der Waals surface area contributed by atoms with Crippen LogP contribution in [0.2, 0.25) is 0 Å². The number of aryl methyl sites for hydroxylation is 1. The minimum absolute atomic E-state index is 0.0219. The zero-order chi connectivity index (χ0) is 14.2. The maximum Gasteiger partial charge on any atom is 0.124 e. The average Bonchev–Trinajstić information content (AvgIpc) is 2.43. The van der Waals surface area contributed by atoms with Crippen molar-refractivity contribution in [1.29, 1.82) is 0 Å². The summed E-state index contributed by atoms with van der Waals surface area (Å²) in [6, 6.07) is 6.52. The maximum atomic E-state index is 6.42. The van der Waals surface area contributed by atoms with E-state index in [2.05, 4.69) is 36.9 Å². The number of piperidine rings is 1. The van der Waals surface area contributed by atoms with Gasteiger partial charge in [-0.05, 0) is 38.8 Å². The van der Waals surface area contributed by atoms with Crippen LogP contribution in [0, 0.1) is 6.92 Å². The number of likely N-dealkylation sites (tertiary alicyclic amines) is 1. The number of nitrogens with zero attached hydrogens (tertiary/aromatic N) is 1. The van der Waals surface area contributed by atoms with Gasteiger partial charge in [0.2, 0.25) is 0 Å². The number of benzene rings is 1. The van der Waals surface area contributed by atoms with Crippen LogP contribution in [0.3, 0.4) is 0 Å². The summed E-state index contributed by atoms with van der Waals surface area (Å²) >= 11 is 0. The highest BCUT2D eigenvalue weighted by atomic mass is 16.5. The third-order valence-electron chi connectivity index (χ3n) is 4.79. The Morgan fingerprint density at radius 1 is 1.35 bits per heavy atom. The molecule has 3 heteroatoms. The second kappa shape index (κ2) is 5.38. The Balaban J connectivity index is 1.76. The summed E-state index contributed by atoms with van der Waals surface area (Å²) in [5.74, 6) is 1.01. The van der Waals surface area contributed by atoms with Gasteiger partial charge in [-0.2, -0.15) is 0 Å². The Morgan fingerprint density at radius 3 is 2.80 bits per heavy atom. The third kappa shape index (κ3) is 2.57. The fourth-order valence-electron chi connectivity index (χ4n) is 3.64. The molecule has 0 saturated carbocycles. The number of hydrogen-bond acceptors (Lipinski definition) is 3. The first-order valence-electron chi connectivity index (χ1n) is 7.89. The van der Waals surface area contributed by atoms with E-state index in [0.29, 0.717) is 0 Å². The van der Waals surface area contributed by atoms with Crippen molar-refractivity contribution in [3.63, 3.8) is 0 Å². The Kier molecular flexibility index (Phi) is 3.74. The number of hydrogen-bond donors (Lipinski definition) is 1. The van der Waals surface area contributed by atoms with Crippen LogP contribution in [0.15, 0.2) is 18.2 Å². The van der Waals surface area contributed by atoms with Crippen molar-refractivity contribution in [3.8, 4) is 5.75 Å². The van der Waals surface area contributed by atoms with Gasteiger partial charge in [0.15, 0.2) is 0 Å². The maximum absolute atomic E-state index is 6.42. The van der Waals surface area contributed by atoms with Crippen LogP contribution in [-0.2, 0) is 0 Å². The number of fused-ring (bicyclic) bond motifs is 1. The Bertz CT molecular complexity index is 478. The molecule has 110 valence electrons. The molecule has 1 atom stereocenters. The fourth-order valence-corrected chi connectivity index (χ4v) is 3.64. The van der Waals surface area contributed by atoms with Crippen LogP contribution < -0.4 is 10.5 Å². The lowest BCUT2D eigenvalue weighted by atomic mass is 9.80. The Hall–Kier alpha value is -1.06. The van der Waals surface area contributed by atoms with E-state index in [0.717, 1.165) is 38.1 Å². The summed E-state index contributed by atoms with van der Waals surface area (Å²) in [5, 5.41) is 0. The van der Waals surface area contributed by atoms with Gasteiger partial charge in [0.1, 0.15) is 11.4 Å². The molecule has 1 saturated heterocycles. The molecule has 2 aliphatic heterocycles. The van der Waals surface area contributed by atoms with Crippen LogP contribution in [-0.4, -0.2) is 30.1 Å². The molecule has 1 spiro atoms. The molecule has 3 nitrogen and oxygen atoms in total. The van der Waals surface area contributed by atoms with Gasteiger partial charge in [-0.3, -0.25) is 0 Å². The molecule has 0 aromatic heterocycles. The van der Waals surface area contributed by atoms with Crippen LogP contribution in [0.25, 0.3) is 0 Å². The van der Waals surface area contributed by atoms with E-state index in [-0.39, 0.29) is 11.6 Å². The van der Waals surface area contributed by atoms with Crippen molar-refractivity contribution in [1.82, 2.24) is 4.90 Å². The predicted octanol–water partition coefficient (Wildman–Crippen LogP) is 3.02. The lowest BCUT2D eigenvalue weighted by molar-refractivity contribution is -0.0216. The zero-order valence-corrected chi connectivity index (χ0v) is 12.7. The topological polar surface area (TPSA) is 38.5 Å². The number of nitrogens with two attached hydrogens (primary N) is 1. The van der Waals surface area contributed by atoms with E-state index in [1.807, 2.05) is 0 Å². The smallest absolute Gasteiger partial charge is 0.124 e. The second-order valence-corrected chi connectivity index (χ2v) is 6.48. The molecular weight excluding hydrogens is 248 g/mol. The Morgan fingerprint density at radius 2 is 2.10 bits per heavy atom. The summed E-state index contributed by atoms with van der Waals surface area (Å²) in [7, 11) is 0. The summed E-state index contributed by atoms with van der Waals surface area (Å²) in [4.78, 5) is 2.55. The molecule has 0 aliphatic carbocycles. The molecule has 1 fully saturated rings. The van der Waals surface area contributed by atoms with Crippen LogP contribution in [0.5, 0.6) is 5.75 Å². The first kappa shape index (κ1) is 13.9. The fraction of sp³-hybridized carbons (Fsp3) is 0.647. The molecule has 0 unspecified atom stereocenters. The minimum atomic E-state index is -0.0219. The van der Waals surface area contributed by atoms with Gasteiger partial charge in [-0.1, -0.05) is 24.6 Å². The normalized spacial score (nSPS) is 25.2. The molecule has 1 aromatic rings. The molecule has 2 N–H and O–H groups in total. The van der Waals surface area contributed by atoms with E-state index in [1.54, 1.807) is 0 Å². The molecule has 1 aromatic carbocycles. The SMILES string of the molecule is CCCN1CCC2(CC1)C[C@@H](N)c1cc(C)ccc1O2. The molecule has 2 heterocycles. The van der Waals surface area contributed by atoms with Crippen molar-refractivity contribution in [2.45, 2.75) is 51.2 Å². The van der Waals surface area contributed by atoms with Gasteiger partial charge in [0.05, 0.1) is 0 Å². The Labute approximate surface area is 122 Å². The van der Waals surface area contributed by atoms with E-state index in [4.69, 9.17) is 10.5 Å². The molecule has 3 rings (SSSR count). The van der Waals surface area contributed by atoms with Crippen LogP contribution in [0.4, 0.5) is 0 Å². The second-order valence-electron chi connectivity index (χ2n) is 6.48. The third-order valence-corrected chi connectivity index (χ3v) is 4.79. The standard InChI is InChI=1S/C17H26N2O/c1-3-8-19-9-6-17(7-10-19)12-15(18)14-11-13(2)4-5-16(14)20-17/h4-5,11,15H,3,6-10,12,18H2,1-2H3/t15-/m1/s1. The number of rotatable bonds is 2. The molecule has 0 bridgehead atoms. The lowest BCUT2D eigenvalue weighted by Crippen LogP contribution is -2.51. The highest BCUT2D eigenvalue weighted by molar-refractivity contribution is 5.41. The van der Waals surface area contributed by atoms with Crippen molar-refractivity contribution in [2.24, 2.45) is 5.73 Å². The first-order valence-corrected chi connectivity index (χ1v) is 7.89. The summed E-state index contributed by atoms with van der Waals surface area (Å²) in [6.07, 6.45) is 4.40. The molecular formula is C17H26N2O. The summed E-state index contributed by atoms with van der Waals surface area (Å²) in [5.41, 5.74) is 8.85. The van der Waals surface area contributed by atoms with E-state index < -0.39 is 0 Å². The summed E-state index contributed by atoms with van der Waals surface area (Å²) < 4.78 is 6.41. The monoisotopic (exact) mass is 274 g/mol. The van der Waals surface area contributed by atoms with Gasteiger partial charge in [0, 0.05) is 31.1 Å². The van der Waals surface area contributed by atoms with Gasteiger partial charge >= 0.3 is 0 Å². The van der Waals surface area contributed by atoms with Crippen LogP contribution in [0.1, 0.15) is 49.8 Å². The van der Waals surface area contributed by atoms with Crippen LogP contribution >= 0.6 is 0 Å². The molecule has 0 radical (unpaired) electrons. The van der Waals surface area contributed by atoms with Crippen molar-refractivity contribution in [2.75, 3.05) is 19.6 Å². The van der Waals surface area contributed by atoms with Crippen molar-refractivity contribution >= 4 is 0 Å². The van der Waals surface area contributed by atoms with E-state index in [9.17, 15) is 0 Å². The van der Waals surface area contributed by atoms with Gasteiger partial charge in [-0.15, -0.1) is 0 Å². The van der Waals surface area contributed by atoms with Crippen molar-refractivity contribution < 1.29 is 4.74 Å². The largest absolute Gasteiger partial charge is 0.487 e. The molecule has 0 amide bonds. The summed E-state index contributed by atoms with van der Waals surface area (Å²) in [6.45, 7) is 7.85. The van der Waals surface area contributed by atoms with Gasteiger partial charge in [0.25, 0.3) is 0 Å². The average molecular weight is 274 g/mol. The zero-order valence-electron chi connectivity index (χ0n) is 12.7. The molecule has 2 aliphatic rings.